The average Bonchev–Trinajstić information content (AvgIpc) is 2.67. The quantitative estimate of drug-likeness (QED) is 0.307. The molecule has 146 valence electrons. The van der Waals surface area contributed by atoms with Crippen LogP contribution < -0.4 is 0 Å². The number of methoxy groups -OCH3 is 1. The number of hydrogen-bond acceptors (Lipinski definition) is 4. The van der Waals surface area contributed by atoms with Crippen molar-refractivity contribution in [1.29, 1.82) is 0 Å². The standard InChI is InChI=1S/C21H25F2NO3/c1-12-13-5-3-6-14(11-13)19(25)18(12)20(26)15-8-9-17(21(22)23)24-16(15)7-4-10-27-2/h8-9,13-14,18,21H,1,3-7,10-11H2,2H3. The summed E-state index contributed by atoms with van der Waals surface area (Å²) in [7, 11) is 1.55. The molecule has 6 heteroatoms. The summed E-state index contributed by atoms with van der Waals surface area (Å²) < 4.78 is 31.1. The van der Waals surface area contributed by atoms with E-state index in [1.165, 1.54) is 12.1 Å². The maximum absolute atomic E-state index is 13.2. The Hall–Kier alpha value is -1.95. The van der Waals surface area contributed by atoms with Gasteiger partial charge in [-0.15, -0.1) is 0 Å². The maximum Gasteiger partial charge on any atom is 0.280 e. The van der Waals surface area contributed by atoms with Crippen molar-refractivity contribution in [3.8, 4) is 0 Å². The Labute approximate surface area is 158 Å². The second kappa shape index (κ2) is 8.38. The molecule has 2 aliphatic carbocycles. The minimum Gasteiger partial charge on any atom is -0.385 e. The van der Waals surface area contributed by atoms with Crippen LogP contribution in [-0.2, 0) is 16.0 Å². The number of hydrogen-bond donors (Lipinski definition) is 0. The number of pyridine rings is 1. The van der Waals surface area contributed by atoms with E-state index in [1.54, 1.807) is 7.11 Å². The van der Waals surface area contributed by atoms with Gasteiger partial charge in [-0.05, 0) is 50.2 Å². The summed E-state index contributed by atoms with van der Waals surface area (Å²) in [6, 6.07) is 2.57. The molecule has 0 saturated heterocycles. The SMILES string of the molecule is C=C1C2CCCC(C2)C(=O)C1C(=O)c1ccc(C(F)F)nc1CCCOC. The molecule has 3 unspecified atom stereocenters. The summed E-state index contributed by atoms with van der Waals surface area (Å²) in [6.07, 6.45) is 1.72. The second-order valence-corrected chi connectivity index (χ2v) is 7.46. The van der Waals surface area contributed by atoms with Crippen molar-refractivity contribution < 1.29 is 23.1 Å². The van der Waals surface area contributed by atoms with E-state index in [-0.39, 0.29) is 34.7 Å². The predicted molar refractivity (Wildman–Crippen MR) is 96.8 cm³/mol. The molecule has 1 aromatic heterocycles. The van der Waals surface area contributed by atoms with Gasteiger partial charge in [0.1, 0.15) is 11.6 Å². The summed E-state index contributed by atoms with van der Waals surface area (Å²) in [5.41, 5.74) is 0.896. The van der Waals surface area contributed by atoms with Crippen LogP contribution in [0.1, 0.15) is 60.3 Å². The number of fused-ring (bicyclic) bond motifs is 2. The summed E-state index contributed by atoms with van der Waals surface area (Å²) in [4.78, 5) is 30.1. The Morgan fingerprint density at radius 1 is 1.33 bits per heavy atom. The van der Waals surface area contributed by atoms with Crippen LogP contribution in [-0.4, -0.2) is 30.3 Å². The zero-order valence-electron chi connectivity index (χ0n) is 15.5. The number of nitrogens with zero attached hydrogens (tertiary/aromatic N) is 1. The third-order valence-electron chi connectivity index (χ3n) is 5.77. The van der Waals surface area contributed by atoms with Gasteiger partial charge < -0.3 is 4.74 Å². The van der Waals surface area contributed by atoms with Gasteiger partial charge in [-0.25, -0.2) is 8.78 Å². The van der Waals surface area contributed by atoms with Crippen LogP contribution in [0.25, 0.3) is 0 Å². The van der Waals surface area contributed by atoms with Crippen molar-refractivity contribution in [2.45, 2.75) is 45.0 Å². The van der Waals surface area contributed by atoms with Crippen LogP contribution in [0.2, 0.25) is 0 Å². The minimum absolute atomic E-state index is 0.0678. The molecule has 4 nitrogen and oxygen atoms in total. The predicted octanol–water partition coefficient (Wildman–Crippen LogP) is 4.34. The third kappa shape index (κ3) is 4.00. The summed E-state index contributed by atoms with van der Waals surface area (Å²) in [5, 5.41) is 0. The highest BCUT2D eigenvalue weighted by Gasteiger charge is 2.45. The smallest absolute Gasteiger partial charge is 0.280 e. The molecular formula is C21H25F2NO3. The molecule has 0 aliphatic heterocycles. The van der Waals surface area contributed by atoms with Crippen LogP contribution in [0.5, 0.6) is 0 Å². The minimum atomic E-state index is -2.71. The van der Waals surface area contributed by atoms with E-state index in [9.17, 15) is 18.4 Å². The lowest BCUT2D eigenvalue weighted by Gasteiger charge is -2.39. The lowest BCUT2D eigenvalue weighted by molar-refractivity contribution is -0.127. The van der Waals surface area contributed by atoms with Gasteiger partial charge in [-0.1, -0.05) is 18.6 Å². The molecule has 3 atom stereocenters. The zero-order valence-corrected chi connectivity index (χ0v) is 15.5. The number of carbonyl (C=O) groups excluding carboxylic acids is 2. The molecule has 0 N–H and O–H groups in total. The first kappa shape index (κ1) is 19.8. The highest BCUT2D eigenvalue weighted by atomic mass is 19.3. The van der Waals surface area contributed by atoms with Crippen LogP contribution in [0.15, 0.2) is 24.3 Å². The van der Waals surface area contributed by atoms with Crippen LogP contribution in [0, 0.1) is 17.8 Å². The number of Topliss-reactive ketones (excluding diaryl/α,β-unsaturated/α-hetero) is 2. The average molecular weight is 377 g/mol. The Balaban J connectivity index is 1.92. The topological polar surface area (TPSA) is 56.3 Å². The third-order valence-corrected chi connectivity index (χ3v) is 5.77. The van der Waals surface area contributed by atoms with E-state index in [2.05, 4.69) is 11.6 Å². The summed E-state index contributed by atoms with van der Waals surface area (Å²) >= 11 is 0. The fourth-order valence-corrected chi connectivity index (χ4v) is 4.33. The number of aryl methyl sites for hydroxylation is 1. The monoisotopic (exact) mass is 377 g/mol. The van der Waals surface area contributed by atoms with E-state index in [1.807, 2.05) is 0 Å². The van der Waals surface area contributed by atoms with E-state index in [4.69, 9.17) is 4.74 Å². The largest absolute Gasteiger partial charge is 0.385 e. The number of carbonyl (C=O) groups is 2. The molecule has 0 spiro atoms. The molecule has 1 aromatic rings. The molecule has 2 bridgehead atoms. The Kier molecular flexibility index (Phi) is 6.15. The lowest BCUT2D eigenvalue weighted by atomic mass is 9.63. The molecule has 0 aromatic carbocycles. The van der Waals surface area contributed by atoms with Crippen molar-refractivity contribution in [1.82, 2.24) is 4.98 Å². The number of ether oxygens (including phenoxy) is 1. The number of aromatic nitrogens is 1. The first-order valence-electron chi connectivity index (χ1n) is 9.47. The van der Waals surface area contributed by atoms with Gasteiger partial charge in [-0.2, -0.15) is 0 Å². The number of rotatable bonds is 7. The van der Waals surface area contributed by atoms with Crippen molar-refractivity contribution in [3.05, 3.63) is 41.2 Å². The maximum atomic E-state index is 13.2. The molecule has 1 heterocycles. The van der Waals surface area contributed by atoms with Crippen molar-refractivity contribution >= 4 is 11.6 Å². The Morgan fingerprint density at radius 2 is 2.07 bits per heavy atom. The van der Waals surface area contributed by atoms with Gasteiger partial charge in [0.25, 0.3) is 6.43 Å². The van der Waals surface area contributed by atoms with E-state index >= 15 is 0 Å². The fourth-order valence-electron chi connectivity index (χ4n) is 4.33. The molecule has 2 aliphatic rings. The van der Waals surface area contributed by atoms with Gasteiger partial charge in [0.05, 0.1) is 5.69 Å². The highest BCUT2D eigenvalue weighted by molar-refractivity contribution is 6.14. The van der Waals surface area contributed by atoms with Gasteiger partial charge in [0.2, 0.25) is 0 Å². The van der Waals surface area contributed by atoms with E-state index in [0.29, 0.717) is 30.7 Å². The van der Waals surface area contributed by atoms with Gasteiger partial charge in [0.15, 0.2) is 11.6 Å². The molecule has 0 amide bonds. The number of alkyl halides is 2. The molecule has 0 radical (unpaired) electrons. The van der Waals surface area contributed by atoms with Crippen molar-refractivity contribution in [2.75, 3.05) is 13.7 Å². The Morgan fingerprint density at radius 3 is 2.78 bits per heavy atom. The zero-order chi connectivity index (χ0) is 19.6. The molecule has 2 saturated carbocycles. The first-order valence-corrected chi connectivity index (χ1v) is 9.47. The molecule has 3 rings (SSSR count). The lowest BCUT2D eigenvalue weighted by Crippen LogP contribution is -2.41. The van der Waals surface area contributed by atoms with Crippen LogP contribution >= 0.6 is 0 Å². The number of halogens is 2. The molecule has 27 heavy (non-hydrogen) atoms. The van der Waals surface area contributed by atoms with Crippen molar-refractivity contribution in [2.24, 2.45) is 17.8 Å². The summed E-state index contributed by atoms with van der Waals surface area (Å²) in [5.74, 6) is -1.17. The van der Waals surface area contributed by atoms with Gasteiger partial charge >= 0.3 is 0 Å². The van der Waals surface area contributed by atoms with Gasteiger partial charge in [0, 0.05) is 25.2 Å². The normalized spacial score (nSPS) is 25.1. The summed E-state index contributed by atoms with van der Waals surface area (Å²) in [6.45, 7) is 4.50. The van der Waals surface area contributed by atoms with E-state index in [0.717, 1.165) is 25.7 Å². The number of allylic oxidation sites excluding steroid dienone is 1. The highest BCUT2D eigenvalue weighted by Crippen LogP contribution is 2.44. The van der Waals surface area contributed by atoms with Gasteiger partial charge in [-0.3, -0.25) is 14.6 Å². The van der Waals surface area contributed by atoms with Crippen molar-refractivity contribution in [3.63, 3.8) is 0 Å². The molecule has 2 fully saturated rings. The second-order valence-electron chi connectivity index (χ2n) is 7.46. The fraction of sp³-hybridized carbons (Fsp3) is 0.571. The first-order chi connectivity index (χ1) is 12.9. The molecular weight excluding hydrogens is 352 g/mol. The van der Waals surface area contributed by atoms with Crippen LogP contribution in [0.4, 0.5) is 8.78 Å². The van der Waals surface area contributed by atoms with E-state index < -0.39 is 12.3 Å². The van der Waals surface area contributed by atoms with Crippen LogP contribution in [0.3, 0.4) is 0 Å². The Bertz CT molecular complexity index is 725. The number of ketones is 2.